The molecule has 6 nitrogen and oxygen atoms in total. The van der Waals surface area contributed by atoms with Crippen LogP contribution in [0.4, 0.5) is 14.6 Å². The van der Waals surface area contributed by atoms with E-state index in [0.717, 1.165) is 12.1 Å². The third-order valence-electron chi connectivity index (χ3n) is 4.88. The Morgan fingerprint density at radius 3 is 2.41 bits per heavy atom. The Balaban J connectivity index is 1.83. The van der Waals surface area contributed by atoms with Gasteiger partial charge in [0, 0.05) is 6.07 Å². The second-order valence-electron chi connectivity index (χ2n) is 6.74. The average molecular weight is 394 g/mol. The Hall–Kier alpha value is -3.81. The van der Waals surface area contributed by atoms with Gasteiger partial charge in [-0.25, -0.2) is 8.78 Å². The molecule has 3 heterocycles. The summed E-state index contributed by atoms with van der Waals surface area (Å²) < 4.78 is 38.0. The number of rotatable bonds is 2. The van der Waals surface area contributed by atoms with Crippen LogP contribution in [0.25, 0.3) is 11.0 Å². The molecule has 4 aromatic rings. The zero-order chi connectivity index (χ0) is 20.3. The molecule has 5 rings (SSSR count). The predicted molar refractivity (Wildman–Crippen MR) is 98.7 cm³/mol. The van der Waals surface area contributed by atoms with Crippen LogP contribution in [0.15, 0.2) is 62.3 Å². The van der Waals surface area contributed by atoms with E-state index in [0.29, 0.717) is 11.3 Å². The first-order chi connectivity index (χ1) is 13.9. The van der Waals surface area contributed by atoms with Crippen LogP contribution in [0, 0.1) is 18.6 Å². The number of anilines is 1. The first kappa shape index (κ1) is 17.3. The van der Waals surface area contributed by atoms with Gasteiger partial charge in [-0.2, -0.15) is 0 Å². The molecule has 1 aliphatic heterocycles. The molecule has 0 saturated carbocycles. The molecular weight excluding hydrogens is 382 g/mol. The summed E-state index contributed by atoms with van der Waals surface area (Å²) in [5.41, 5.74) is 0.0771. The van der Waals surface area contributed by atoms with E-state index < -0.39 is 29.0 Å². The molecule has 0 unspecified atom stereocenters. The van der Waals surface area contributed by atoms with E-state index in [1.54, 1.807) is 13.0 Å². The third kappa shape index (κ3) is 2.56. The zero-order valence-electron chi connectivity index (χ0n) is 15.0. The van der Waals surface area contributed by atoms with Gasteiger partial charge in [-0.05, 0) is 42.8 Å². The number of aromatic nitrogens is 1. The van der Waals surface area contributed by atoms with Crippen LogP contribution >= 0.6 is 0 Å². The standard InChI is InChI=1S/C21H12F2N2O4/c1-10-8-16(24-29-10)25-18(11-2-4-12(22)5-3-11)17-19(26)14-9-13(23)6-7-15(14)28-20(17)21(25)27/h2-9,18H,1H3/t18-/m0/s1. The van der Waals surface area contributed by atoms with Gasteiger partial charge in [0.1, 0.15) is 23.0 Å². The summed E-state index contributed by atoms with van der Waals surface area (Å²) in [6.45, 7) is 1.66. The lowest BCUT2D eigenvalue weighted by atomic mass is 9.98. The van der Waals surface area contributed by atoms with Crippen LogP contribution in [0.2, 0.25) is 0 Å². The highest BCUT2D eigenvalue weighted by Crippen LogP contribution is 2.40. The van der Waals surface area contributed by atoms with Crippen molar-refractivity contribution in [2.24, 2.45) is 0 Å². The van der Waals surface area contributed by atoms with Gasteiger partial charge in [-0.15, -0.1) is 0 Å². The number of hydrogen-bond acceptors (Lipinski definition) is 5. The Kier molecular flexibility index (Phi) is 3.64. The molecule has 144 valence electrons. The highest BCUT2D eigenvalue weighted by atomic mass is 19.1. The Morgan fingerprint density at radius 1 is 1.00 bits per heavy atom. The maximum Gasteiger partial charge on any atom is 0.296 e. The quantitative estimate of drug-likeness (QED) is 0.511. The molecule has 2 aromatic carbocycles. The topological polar surface area (TPSA) is 76.6 Å². The maximum atomic E-state index is 13.7. The van der Waals surface area contributed by atoms with Crippen molar-refractivity contribution < 1.29 is 22.5 Å². The second-order valence-corrected chi connectivity index (χ2v) is 6.74. The second kappa shape index (κ2) is 6.10. The fourth-order valence-electron chi connectivity index (χ4n) is 3.61. The van der Waals surface area contributed by atoms with Crippen molar-refractivity contribution >= 4 is 22.7 Å². The Bertz CT molecular complexity index is 1340. The molecule has 1 atom stereocenters. The van der Waals surface area contributed by atoms with Crippen molar-refractivity contribution in [1.29, 1.82) is 0 Å². The van der Waals surface area contributed by atoms with Crippen LogP contribution in [0.5, 0.6) is 0 Å². The lowest BCUT2D eigenvalue weighted by Gasteiger charge is -2.22. The van der Waals surface area contributed by atoms with Gasteiger partial charge in [-0.3, -0.25) is 14.5 Å². The summed E-state index contributed by atoms with van der Waals surface area (Å²) in [7, 11) is 0. The molecule has 0 aliphatic carbocycles. The molecule has 1 aliphatic rings. The molecule has 0 spiro atoms. The van der Waals surface area contributed by atoms with Gasteiger partial charge in [0.25, 0.3) is 5.91 Å². The van der Waals surface area contributed by atoms with Crippen molar-refractivity contribution in [3.63, 3.8) is 0 Å². The van der Waals surface area contributed by atoms with E-state index in [9.17, 15) is 18.4 Å². The molecule has 0 N–H and O–H groups in total. The van der Waals surface area contributed by atoms with Gasteiger partial charge in [0.15, 0.2) is 11.2 Å². The summed E-state index contributed by atoms with van der Waals surface area (Å²) in [6, 6.07) is 9.53. The van der Waals surface area contributed by atoms with Crippen LogP contribution in [0.3, 0.4) is 0 Å². The summed E-state index contributed by atoms with van der Waals surface area (Å²) in [4.78, 5) is 27.7. The molecule has 0 fully saturated rings. The lowest BCUT2D eigenvalue weighted by Crippen LogP contribution is -2.29. The van der Waals surface area contributed by atoms with Gasteiger partial charge >= 0.3 is 0 Å². The zero-order valence-corrected chi connectivity index (χ0v) is 15.0. The summed E-state index contributed by atoms with van der Waals surface area (Å²) >= 11 is 0. The van der Waals surface area contributed by atoms with E-state index in [-0.39, 0.29) is 28.1 Å². The maximum absolute atomic E-state index is 13.7. The fraction of sp³-hybridized carbons (Fsp3) is 0.0952. The highest BCUT2D eigenvalue weighted by molar-refractivity contribution is 6.10. The lowest BCUT2D eigenvalue weighted by molar-refractivity contribution is 0.0969. The number of hydrogen-bond donors (Lipinski definition) is 0. The van der Waals surface area contributed by atoms with Gasteiger partial charge in [0.05, 0.1) is 17.0 Å². The largest absolute Gasteiger partial charge is 0.450 e. The molecule has 0 saturated heterocycles. The first-order valence-electron chi connectivity index (χ1n) is 8.72. The van der Waals surface area contributed by atoms with Crippen molar-refractivity contribution in [3.05, 3.63) is 93.0 Å². The third-order valence-corrected chi connectivity index (χ3v) is 4.88. The molecule has 0 radical (unpaired) electrons. The number of carbonyl (C=O) groups is 1. The molecule has 8 heteroatoms. The SMILES string of the molecule is Cc1cc(N2C(=O)c3oc4ccc(F)cc4c(=O)c3[C@@H]2c2ccc(F)cc2)no1. The number of amides is 1. The Labute approximate surface area is 162 Å². The normalized spacial score (nSPS) is 15.9. The van der Waals surface area contributed by atoms with Crippen LogP contribution in [-0.4, -0.2) is 11.1 Å². The van der Waals surface area contributed by atoms with E-state index in [4.69, 9.17) is 8.94 Å². The minimum atomic E-state index is -0.925. The summed E-state index contributed by atoms with van der Waals surface area (Å²) in [5, 5.41) is 3.91. The molecule has 0 bridgehead atoms. The van der Waals surface area contributed by atoms with Crippen LogP contribution in [-0.2, 0) is 0 Å². The van der Waals surface area contributed by atoms with E-state index >= 15 is 0 Å². The fourth-order valence-corrected chi connectivity index (χ4v) is 3.61. The molecule has 1 amide bonds. The predicted octanol–water partition coefficient (Wildman–Crippen LogP) is 4.12. The number of fused-ring (bicyclic) bond motifs is 2. The number of nitrogens with zero attached hydrogens (tertiary/aromatic N) is 2. The Morgan fingerprint density at radius 2 is 1.72 bits per heavy atom. The van der Waals surface area contributed by atoms with E-state index in [1.165, 1.54) is 35.2 Å². The average Bonchev–Trinajstić information content (AvgIpc) is 3.25. The number of aryl methyl sites for hydroxylation is 1. The minimum Gasteiger partial charge on any atom is -0.450 e. The van der Waals surface area contributed by atoms with Gasteiger partial charge in [0.2, 0.25) is 5.76 Å². The van der Waals surface area contributed by atoms with Crippen LogP contribution < -0.4 is 10.3 Å². The minimum absolute atomic E-state index is 0.0156. The number of halogens is 2. The van der Waals surface area contributed by atoms with Crippen LogP contribution in [0.1, 0.15) is 33.5 Å². The number of benzene rings is 2. The van der Waals surface area contributed by atoms with Gasteiger partial charge in [-0.1, -0.05) is 17.3 Å². The van der Waals surface area contributed by atoms with Crippen molar-refractivity contribution in [1.82, 2.24) is 5.16 Å². The molecule has 2 aromatic heterocycles. The van der Waals surface area contributed by atoms with Crippen molar-refractivity contribution in [2.75, 3.05) is 4.90 Å². The summed E-state index contributed by atoms with van der Waals surface area (Å²) in [5.74, 6) is -1.17. The molecule has 29 heavy (non-hydrogen) atoms. The molecular formula is C21H12F2N2O4. The number of carbonyl (C=O) groups excluding carboxylic acids is 1. The van der Waals surface area contributed by atoms with Gasteiger partial charge < -0.3 is 8.94 Å². The first-order valence-corrected chi connectivity index (χ1v) is 8.72. The van der Waals surface area contributed by atoms with E-state index in [1.807, 2.05) is 0 Å². The van der Waals surface area contributed by atoms with Crippen molar-refractivity contribution in [3.8, 4) is 0 Å². The highest BCUT2D eigenvalue weighted by Gasteiger charge is 2.44. The smallest absolute Gasteiger partial charge is 0.296 e. The van der Waals surface area contributed by atoms with E-state index in [2.05, 4.69) is 5.16 Å². The van der Waals surface area contributed by atoms with Crippen molar-refractivity contribution in [2.45, 2.75) is 13.0 Å². The monoisotopic (exact) mass is 394 g/mol. The summed E-state index contributed by atoms with van der Waals surface area (Å²) in [6.07, 6.45) is 0.